The Hall–Kier alpha value is -3.15. The van der Waals surface area contributed by atoms with E-state index in [0.717, 1.165) is 36.8 Å². The highest BCUT2D eigenvalue weighted by Crippen LogP contribution is 2.30. The smallest absolute Gasteiger partial charge is 0.311 e. The molecule has 1 N–H and O–H groups in total. The molecule has 1 saturated heterocycles. The summed E-state index contributed by atoms with van der Waals surface area (Å²) in [6.45, 7) is 0.0386. The van der Waals surface area contributed by atoms with Crippen molar-refractivity contribution in [2.24, 2.45) is 5.92 Å². The predicted octanol–water partition coefficient (Wildman–Crippen LogP) is 3.63. The number of rotatable bonds is 6. The van der Waals surface area contributed by atoms with E-state index in [1.54, 1.807) is 0 Å². The zero-order valence-corrected chi connectivity index (χ0v) is 16.9. The van der Waals surface area contributed by atoms with Crippen LogP contribution in [0.3, 0.4) is 0 Å². The SMILES string of the molecule is O=C(COC(=O)[C@H]1CC(=O)N(C2CCCC2)C1)Nc1ccccc1-c1ccccc1. The number of hydrogen-bond donors (Lipinski definition) is 1. The predicted molar refractivity (Wildman–Crippen MR) is 114 cm³/mol. The number of hydrogen-bond acceptors (Lipinski definition) is 4. The molecule has 4 rings (SSSR count). The molecule has 30 heavy (non-hydrogen) atoms. The van der Waals surface area contributed by atoms with Crippen molar-refractivity contribution in [1.29, 1.82) is 0 Å². The Bertz CT molecular complexity index is 922. The quantitative estimate of drug-likeness (QED) is 0.744. The summed E-state index contributed by atoms with van der Waals surface area (Å²) < 4.78 is 5.23. The molecule has 6 nitrogen and oxygen atoms in total. The summed E-state index contributed by atoms with van der Waals surface area (Å²) in [7, 11) is 0. The minimum absolute atomic E-state index is 0.0186. The lowest BCUT2D eigenvalue weighted by molar-refractivity contribution is -0.151. The van der Waals surface area contributed by atoms with Crippen LogP contribution >= 0.6 is 0 Å². The van der Waals surface area contributed by atoms with Gasteiger partial charge in [-0.2, -0.15) is 0 Å². The molecule has 2 amide bonds. The van der Waals surface area contributed by atoms with E-state index in [4.69, 9.17) is 4.74 Å². The zero-order valence-electron chi connectivity index (χ0n) is 16.9. The van der Waals surface area contributed by atoms with E-state index < -0.39 is 17.8 Å². The van der Waals surface area contributed by atoms with Gasteiger partial charge in [0.05, 0.1) is 5.92 Å². The van der Waals surface area contributed by atoms with Crippen LogP contribution in [0.4, 0.5) is 5.69 Å². The Balaban J connectivity index is 1.31. The summed E-state index contributed by atoms with van der Waals surface area (Å²) in [5.74, 6) is -1.34. The number of carbonyl (C=O) groups is 3. The molecule has 2 aromatic rings. The average Bonchev–Trinajstić information content (AvgIpc) is 3.43. The van der Waals surface area contributed by atoms with E-state index in [1.807, 2.05) is 59.5 Å². The lowest BCUT2D eigenvalue weighted by Gasteiger charge is -2.23. The lowest BCUT2D eigenvalue weighted by Crippen LogP contribution is -2.35. The van der Waals surface area contributed by atoms with Crippen LogP contribution in [0, 0.1) is 5.92 Å². The maximum absolute atomic E-state index is 12.4. The van der Waals surface area contributed by atoms with Crippen LogP contribution in [-0.2, 0) is 19.1 Å². The fraction of sp³-hybridized carbons (Fsp3) is 0.375. The van der Waals surface area contributed by atoms with E-state index >= 15 is 0 Å². The molecule has 1 saturated carbocycles. The minimum Gasteiger partial charge on any atom is -0.455 e. The number of amides is 2. The molecule has 1 atom stereocenters. The third-order valence-electron chi connectivity index (χ3n) is 5.89. The Kier molecular flexibility index (Phi) is 6.12. The van der Waals surface area contributed by atoms with Crippen molar-refractivity contribution in [3.05, 3.63) is 54.6 Å². The maximum Gasteiger partial charge on any atom is 0.311 e. The molecule has 0 bridgehead atoms. The number of nitrogens with zero attached hydrogens (tertiary/aromatic N) is 1. The third kappa shape index (κ3) is 4.53. The van der Waals surface area contributed by atoms with Crippen molar-refractivity contribution in [3.8, 4) is 11.1 Å². The summed E-state index contributed by atoms with van der Waals surface area (Å²) in [6, 6.07) is 17.5. The fourth-order valence-corrected chi connectivity index (χ4v) is 4.36. The van der Waals surface area contributed by atoms with E-state index in [0.29, 0.717) is 12.2 Å². The molecule has 1 aliphatic carbocycles. The highest BCUT2D eigenvalue weighted by Gasteiger charge is 2.39. The summed E-state index contributed by atoms with van der Waals surface area (Å²) in [5.41, 5.74) is 2.54. The van der Waals surface area contributed by atoms with Crippen molar-refractivity contribution >= 4 is 23.5 Å². The van der Waals surface area contributed by atoms with Crippen LogP contribution in [0.2, 0.25) is 0 Å². The number of carbonyl (C=O) groups excluding carboxylic acids is 3. The molecule has 1 heterocycles. The molecule has 156 valence electrons. The monoisotopic (exact) mass is 406 g/mol. The molecule has 2 fully saturated rings. The van der Waals surface area contributed by atoms with Crippen molar-refractivity contribution in [2.45, 2.75) is 38.1 Å². The van der Waals surface area contributed by atoms with Gasteiger partial charge in [0.25, 0.3) is 5.91 Å². The Morgan fingerprint density at radius 1 is 1.00 bits per heavy atom. The molecule has 0 aromatic heterocycles. The summed E-state index contributed by atoms with van der Waals surface area (Å²) in [6.07, 6.45) is 4.46. The first kappa shape index (κ1) is 20.1. The van der Waals surface area contributed by atoms with Gasteiger partial charge in [0, 0.05) is 30.3 Å². The van der Waals surface area contributed by atoms with Gasteiger partial charge >= 0.3 is 5.97 Å². The minimum atomic E-state index is -0.484. The number of nitrogens with one attached hydrogen (secondary N) is 1. The van der Waals surface area contributed by atoms with Crippen molar-refractivity contribution in [1.82, 2.24) is 4.90 Å². The number of benzene rings is 2. The van der Waals surface area contributed by atoms with Gasteiger partial charge in [-0.05, 0) is 24.5 Å². The van der Waals surface area contributed by atoms with E-state index in [-0.39, 0.29) is 25.0 Å². The van der Waals surface area contributed by atoms with Gasteiger partial charge in [-0.1, -0.05) is 61.4 Å². The number of anilines is 1. The highest BCUT2D eigenvalue weighted by atomic mass is 16.5. The van der Waals surface area contributed by atoms with Gasteiger partial charge in [0.1, 0.15) is 0 Å². The normalized spacial score (nSPS) is 19.1. The van der Waals surface area contributed by atoms with Crippen LogP contribution in [0.1, 0.15) is 32.1 Å². The summed E-state index contributed by atoms with van der Waals surface area (Å²) in [5, 5.41) is 2.82. The summed E-state index contributed by atoms with van der Waals surface area (Å²) in [4.78, 5) is 38.9. The molecule has 2 aromatic carbocycles. The van der Waals surface area contributed by atoms with Gasteiger partial charge in [-0.25, -0.2) is 0 Å². The van der Waals surface area contributed by atoms with Gasteiger partial charge in [-0.3, -0.25) is 14.4 Å². The molecular formula is C24H26N2O4. The van der Waals surface area contributed by atoms with Crippen molar-refractivity contribution < 1.29 is 19.1 Å². The first-order valence-electron chi connectivity index (χ1n) is 10.5. The molecule has 2 aliphatic rings. The molecule has 6 heteroatoms. The summed E-state index contributed by atoms with van der Waals surface area (Å²) >= 11 is 0. The lowest BCUT2D eigenvalue weighted by atomic mass is 10.0. The first-order valence-corrected chi connectivity index (χ1v) is 10.5. The molecule has 1 aliphatic heterocycles. The fourth-order valence-electron chi connectivity index (χ4n) is 4.36. The van der Waals surface area contributed by atoms with E-state index in [9.17, 15) is 14.4 Å². The number of ether oxygens (including phenoxy) is 1. The third-order valence-corrected chi connectivity index (χ3v) is 5.89. The van der Waals surface area contributed by atoms with E-state index in [2.05, 4.69) is 5.32 Å². The van der Waals surface area contributed by atoms with Crippen LogP contribution in [0.15, 0.2) is 54.6 Å². The topological polar surface area (TPSA) is 75.7 Å². The van der Waals surface area contributed by atoms with Crippen LogP contribution in [0.5, 0.6) is 0 Å². The van der Waals surface area contributed by atoms with E-state index in [1.165, 1.54) is 0 Å². The second-order valence-electron chi connectivity index (χ2n) is 7.95. The van der Waals surface area contributed by atoms with Gasteiger partial charge in [-0.15, -0.1) is 0 Å². The van der Waals surface area contributed by atoms with Crippen molar-refractivity contribution in [3.63, 3.8) is 0 Å². The second-order valence-corrected chi connectivity index (χ2v) is 7.95. The molecule has 0 unspecified atom stereocenters. The molecule has 0 radical (unpaired) electrons. The molecule has 0 spiro atoms. The Morgan fingerprint density at radius 3 is 2.47 bits per heavy atom. The number of likely N-dealkylation sites (tertiary alicyclic amines) is 1. The van der Waals surface area contributed by atoms with Gasteiger partial charge < -0.3 is 15.0 Å². The second kappa shape index (κ2) is 9.11. The standard InChI is InChI=1S/C24H26N2O4/c27-22(25-21-13-7-6-12-20(21)17-8-2-1-3-9-17)16-30-24(29)18-14-23(28)26(15-18)19-10-4-5-11-19/h1-3,6-9,12-13,18-19H,4-5,10-11,14-16H2,(H,25,27)/t18-/m0/s1. The van der Waals surface area contributed by atoms with Crippen LogP contribution in [0.25, 0.3) is 11.1 Å². The van der Waals surface area contributed by atoms with Crippen molar-refractivity contribution in [2.75, 3.05) is 18.5 Å². The Morgan fingerprint density at radius 2 is 1.70 bits per heavy atom. The largest absolute Gasteiger partial charge is 0.455 e. The Labute approximate surface area is 176 Å². The average molecular weight is 406 g/mol. The zero-order chi connectivity index (χ0) is 20.9. The van der Waals surface area contributed by atoms with Gasteiger partial charge in [0.15, 0.2) is 6.61 Å². The number of para-hydroxylation sites is 1. The van der Waals surface area contributed by atoms with Crippen LogP contribution < -0.4 is 5.32 Å². The number of esters is 1. The molecular weight excluding hydrogens is 380 g/mol. The maximum atomic E-state index is 12.4. The first-order chi connectivity index (χ1) is 14.6. The highest BCUT2D eigenvalue weighted by molar-refractivity contribution is 5.97. The van der Waals surface area contributed by atoms with Crippen LogP contribution in [-0.4, -0.2) is 41.9 Å². The van der Waals surface area contributed by atoms with Gasteiger partial charge in [0.2, 0.25) is 5.91 Å².